The second-order valence-electron chi connectivity index (χ2n) is 1.56. The first-order valence-electron chi connectivity index (χ1n) is 2.59. The van der Waals surface area contributed by atoms with E-state index in [1.807, 2.05) is 0 Å². The molecule has 5 nitrogen and oxygen atoms in total. The summed E-state index contributed by atoms with van der Waals surface area (Å²) in [6.45, 7) is 2.48. The van der Waals surface area contributed by atoms with Gasteiger partial charge >= 0.3 is 12.1 Å². The van der Waals surface area contributed by atoms with Crippen molar-refractivity contribution in [1.82, 2.24) is 0 Å². The van der Waals surface area contributed by atoms with Crippen LogP contribution in [0.5, 0.6) is 0 Å². The molecule has 0 unspecified atom stereocenters. The highest BCUT2D eigenvalue weighted by atomic mass is 16.8. The molecule has 0 spiro atoms. The highest BCUT2D eigenvalue weighted by Crippen LogP contribution is 1.93. The Morgan fingerprint density at radius 3 is 2.20 bits per heavy atom. The minimum atomic E-state index is -1.46. The van der Waals surface area contributed by atoms with E-state index in [0.29, 0.717) is 0 Å². The van der Waals surface area contributed by atoms with Crippen molar-refractivity contribution in [3.8, 4) is 0 Å². The van der Waals surface area contributed by atoms with Gasteiger partial charge in [-0.05, 0) is 0 Å². The van der Waals surface area contributed by atoms with Crippen molar-refractivity contribution >= 4 is 12.1 Å². The molecule has 0 saturated carbocycles. The maximum atomic E-state index is 10.1. The molecular formula is C5H8O5. The third kappa shape index (κ3) is 4.89. The molecule has 1 atom stereocenters. The van der Waals surface area contributed by atoms with Crippen LogP contribution in [0.2, 0.25) is 0 Å². The molecule has 10 heavy (non-hydrogen) atoms. The molecule has 0 aliphatic rings. The van der Waals surface area contributed by atoms with Crippen LogP contribution in [0.3, 0.4) is 0 Å². The first kappa shape index (κ1) is 8.74. The highest BCUT2D eigenvalue weighted by Gasteiger charge is 2.08. The lowest BCUT2D eigenvalue weighted by molar-refractivity contribution is -0.164. The Morgan fingerprint density at radius 2 is 1.90 bits per heavy atom. The molecule has 0 aliphatic heterocycles. The van der Waals surface area contributed by atoms with Crippen molar-refractivity contribution in [3.05, 3.63) is 0 Å². The van der Waals surface area contributed by atoms with Crippen LogP contribution in [0, 0.1) is 0 Å². The van der Waals surface area contributed by atoms with Gasteiger partial charge in [0, 0.05) is 13.8 Å². The fourth-order valence-electron chi connectivity index (χ4n) is 0.400. The lowest BCUT2D eigenvalue weighted by Gasteiger charge is -2.08. The second-order valence-corrected chi connectivity index (χ2v) is 1.56. The summed E-state index contributed by atoms with van der Waals surface area (Å²) in [5, 5.41) is 7.98. The summed E-state index contributed by atoms with van der Waals surface area (Å²) in [6, 6.07) is 0. The third-order valence-electron chi connectivity index (χ3n) is 0.599. The van der Waals surface area contributed by atoms with Crippen molar-refractivity contribution in [1.29, 1.82) is 0 Å². The Balaban J connectivity index is 3.53. The van der Waals surface area contributed by atoms with Crippen molar-refractivity contribution in [2.24, 2.45) is 0 Å². The van der Waals surface area contributed by atoms with Crippen LogP contribution < -0.4 is 0 Å². The molecular weight excluding hydrogens is 140 g/mol. The van der Waals surface area contributed by atoms with Crippen LogP contribution >= 0.6 is 0 Å². The van der Waals surface area contributed by atoms with E-state index >= 15 is 0 Å². The minimum absolute atomic E-state index is 0.575. The zero-order valence-corrected chi connectivity index (χ0v) is 5.66. The fourth-order valence-corrected chi connectivity index (χ4v) is 0.400. The maximum Gasteiger partial charge on any atom is 0.508 e. The van der Waals surface area contributed by atoms with E-state index in [0.717, 1.165) is 0 Å². The first-order valence-corrected chi connectivity index (χ1v) is 2.59. The van der Waals surface area contributed by atoms with E-state index in [2.05, 4.69) is 9.47 Å². The number of esters is 1. The summed E-state index contributed by atoms with van der Waals surface area (Å²) in [4.78, 5) is 19.9. The lowest BCUT2D eigenvalue weighted by Crippen LogP contribution is -2.18. The Labute approximate surface area is 57.5 Å². The lowest BCUT2D eigenvalue weighted by atomic mass is 10.7. The van der Waals surface area contributed by atoms with E-state index in [1.165, 1.54) is 13.8 Å². The van der Waals surface area contributed by atoms with Gasteiger partial charge in [-0.1, -0.05) is 0 Å². The van der Waals surface area contributed by atoms with E-state index in [9.17, 15) is 9.59 Å². The van der Waals surface area contributed by atoms with Gasteiger partial charge < -0.3 is 14.6 Å². The molecule has 5 heteroatoms. The standard InChI is InChI=1S/C5H8O5/c1-3(6)9-4(2)10-5(7)8/h4H,1-2H3,(H,7,8)/t4-/m1/s1. The van der Waals surface area contributed by atoms with Crippen LogP contribution in [-0.2, 0) is 14.3 Å². The van der Waals surface area contributed by atoms with Gasteiger partial charge in [0.25, 0.3) is 0 Å². The Hall–Kier alpha value is -1.26. The summed E-state index contributed by atoms with van der Waals surface area (Å²) in [5.74, 6) is -0.575. The van der Waals surface area contributed by atoms with Crippen LogP contribution in [0.15, 0.2) is 0 Å². The maximum absolute atomic E-state index is 10.1. The molecule has 0 aliphatic carbocycles. The number of hydrogen-bond donors (Lipinski definition) is 1. The van der Waals surface area contributed by atoms with Crippen LogP contribution in [0.4, 0.5) is 4.79 Å². The molecule has 0 heterocycles. The first-order chi connectivity index (χ1) is 4.52. The Morgan fingerprint density at radius 1 is 1.40 bits per heavy atom. The normalized spacial score (nSPS) is 11.8. The fraction of sp³-hybridized carbons (Fsp3) is 0.600. The van der Waals surface area contributed by atoms with Gasteiger partial charge in [0.1, 0.15) is 0 Å². The van der Waals surface area contributed by atoms with Crippen LogP contribution in [-0.4, -0.2) is 23.5 Å². The molecule has 0 amide bonds. The van der Waals surface area contributed by atoms with Gasteiger partial charge in [0.2, 0.25) is 6.29 Å². The molecule has 1 N–H and O–H groups in total. The second kappa shape index (κ2) is 3.71. The van der Waals surface area contributed by atoms with E-state index in [4.69, 9.17) is 5.11 Å². The molecule has 58 valence electrons. The number of hydrogen-bond acceptors (Lipinski definition) is 4. The van der Waals surface area contributed by atoms with E-state index in [1.54, 1.807) is 0 Å². The number of rotatable bonds is 2. The molecule has 0 rings (SSSR count). The summed E-state index contributed by atoms with van der Waals surface area (Å²) in [7, 11) is 0. The third-order valence-corrected chi connectivity index (χ3v) is 0.599. The molecule has 0 aromatic carbocycles. The van der Waals surface area contributed by atoms with Gasteiger partial charge in [-0.2, -0.15) is 0 Å². The van der Waals surface area contributed by atoms with Gasteiger partial charge in [-0.25, -0.2) is 4.79 Å². The predicted octanol–water partition coefficient (Wildman–Crippen LogP) is 0.590. The molecule has 0 aromatic rings. The molecule has 0 fully saturated rings. The van der Waals surface area contributed by atoms with Crippen LogP contribution in [0.1, 0.15) is 13.8 Å². The number of carbonyl (C=O) groups excluding carboxylic acids is 1. The quantitative estimate of drug-likeness (QED) is 0.458. The molecule has 0 bridgehead atoms. The number of carbonyl (C=O) groups is 2. The van der Waals surface area contributed by atoms with Crippen molar-refractivity contribution in [2.75, 3.05) is 0 Å². The van der Waals surface area contributed by atoms with Crippen molar-refractivity contribution < 1.29 is 24.2 Å². The summed E-state index contributed by atoms with van der Waals surface area (Å²) >= 11 is 0. The molecule has 0 aromatic heterocycles. The summed E-state index contributed by atoms with van der Waals surface area (Å²) in [6.07, 6.45) is -2.50. The highest BCUT2D eigenvalue weighted by molar-refractivity contribution is 5.66. The van der Waals surface area contributed by atoms with E-state index in [-0.39, 0.29) is 0 Å². The average molecular weight is 148 g/mol. The smallest absolute Gasteiger partial charge is 0.450 e. The SMILES string of the molecule is CC(=O)O[C@@H](C)OC(=O)O. The van der Waals surface area contributed by atoms with Crippen molar-refractivity contribution in [3.63, 3.8) is 0 Å². The van der Waals surface area contributed by atoms with Gasteiger partial charge in [0.15, 0.2) is 0 Å². The number of carboxylic acid groups (broad SMARTS) is 1. The van der Waals surface area contributed by atoms with Crippen LogP contribution in [0.25, 0.3) is 0 Å². The minimum Gasteiger partial charge on any atom is -0.450 e. The molecule has 0 radical (unpaired) electrons. The monoisotopic (exact) mass is 148 g/mol. The predicted molar refractivity (Wildman–Crippen MR) is 30.3 cm³/mol. The zero-order valence-electron chi connectivity index (χ0n) is 5.66. The van der Waals surface area contributed by atoms with Crippen molar-refractivity contribution in [2.45, 2.75) is 20.1 Å². The van der Waals surface area contributed by atoms with Gasteiger partial charge in [0.05, 0.1) is 0 Å². The van der Waals surface area contributed by atoms with Gasteiger partial charge in [-0.3, -0.25) is 4.79 Å². The van der Waals surface area contributed by atoms with E-state index < -0.39 is 18.4 Å². The largest absolute Gasteiger partial charge is 0.508 e. The Kier molecular flexibility index (Phi) is 3.24. The molecule has 0 saturated heterocycles. The average Bonchev–Trinajstić information content (AvgIpc) is 1.58. The summed E-state index contributed by atoms with van der Waals surface area (Å²) in [5.41, 5.74) is 0. The topological polar surface area (TPSA) is 72.8 Å². The Bertz CT molecular complexity index is 125. The van der Waals surface area contributed by atoms with Gasteiger partial charge in [-0.15, -0.1) is 0 Å². The number of ether oxygens (including phenoxy) is 2. The summed E-state index contributed by atoms with van der Waals surface area (Å²) < 4.78 is 8.35. The zero-order chi connectivity index (χ0) is 8.15.